The largest absolute Gasteiger partial charge is 0.348 e. The van der Waals surface area contributed by atoms with E-state index in [1.54, 1.807) is 0 Å². The molecule has 3 aliphatic rings. The number of hydrogen-bond donors (Lipinski definition) is 1. The van der Waals surface area contributed by atoms with E-state index in [1.165, 1.54) is 11.8 Å². The van der Waals surface area contributed by atoms with E-state index in [-0.39, 0.29) is 17.8 Å². The van der Waals surface area contributed by atoms with Crippen molar-refractivity contribution in [3.8, 4) is 6.07 Å². The number of nitrogens with zero attached hydrogens (tertiary/aromatic N) is 3. The van der Waals surface area contributed by atoms with E-state index in [9.17, 15) is 14.9 Å². The third-order valence-corrected chi connectivity index (χ3v) is 7.30. The highest BCUT2D eigenvalue weighted by Gasteiger charge is 2.33. The number of rotatable bonds is 6. The average molecular weight is 481 g/mol. The monoisotopic (exact) mass is 480 g/mol. The summed E-state index contributed by atoms with van der Waals surface area (Å²) in [6.07, 6.45) is 16.0. The summed E-state index contributed by atoms with van der Waals surface area (Å²) in [4.78, 5) is 27.7. The Bertz CT molecular complexity index is 1460. The number of nitrogens with one attached hydrogen (secondary N) is 1. The van der Waals surface area contributed by atoms with Gasteiger partial charge in [0.2, 0.25) is 11.7 Å². The van der Waals surface area contributed by atoms with E-state index >= 15 is 0 Å². The number of allylic oxidation sites excluding steroid dienone is 8. The smallest absolute Gasteiger partial charge is 0.245 e. The Labute approximate surface area is 207 Å². The predicted molar refractivity (Wildman–Crippen MR) is 137 cm³/mol. The second-order valence-corrected chi connectivity index (χ2v) is 9.49. The molecule has 0 spiro atoms. The maximum atomic E-state index is 13.6. The molecule has 174 valence electrons. The summed E-state index contributed by atoms with van der Waals surface area (Å²) >= 11 is 1.54. The lowest BCUT2D eigenvalue weighted by atomic mass is 9.99. The lowest BCUT2D eigenvalue weighted by molar-refractivity contribution is -0.122. The maximum absolute atomic E-state index is 13.6. The van der Waals surface area contributed by atoms with Gasteiger partial charge in [0, 0.05) is 10.1 Å². The molecule has 0 saturated carbocycles. The van der Waals surface area contributed by atoms with Crippen LogP contribution in [-0.4, -0.2) is 21.5 Å². The fourth-order valence-corrected chi connectivity index (χ4v) is 5.43. The van der Waals surface area contributed by atoms with Crippen LogP contribution in [0.2, 0.25) is 0 Å². The molecule has 0 saturated heterocycles. The Morgan fingerprint density at radius 3 is 2.71 bits per heavy atom. The van der Waals surface area contributed by atoms with Gasteiger partial charge >= 0.3 is 0 Å². The Morgan fingerprint density at radius 2 is 1.97 bits per heavy atom. The second-order valence-electron chi connectivity index (χ2n) is 8.58. The summed E-state index contributed by atoms with van der Waals surface area (Å²) in [6.45, 7) is 1.83. The summed E-state index contributed by atoms with van der Waals surface area (Å²) < 4.78 is 1.85. The quantitative estimate of drug-likeness (QED) is 0.388. The SMILES string of the molecule is CC(NC(=O)C(C#N)C(=O)c1nn(C2C=CCC=C2)c2c1=CSC1=CC=CCC=21)c1ccccc1. The molecule has 1 aliphatic heterocycles. The number of thioether (sulfide) groups is 1. The number of Topliss-reactive ketones (excluding diaryl/α,β-unsaturated/α-hetero) is 1. The number of carbonyl (C=O) groups excluding carboxylic acids is 2. The Balaban J connectivity index is 1.54. The number of carbonyl (C=O) groups is 2. The first-order valence-electron chi connectivity index (χ1n) is 11.6. The van der Waals surface area contributed by atoms with Crippen molar-refractivity contribution in [2.45, 2.75) is 31.8 Å². The summed E-state index contributed by atoms with van der Waals surface area (Å²) in [5.74, 6) is -2.69. The zero-order chi connectivity index (χ0) is 24.4. The number of hydrogen-bond acceptors (Lipinski definition) is 5. The summed E-state index contributed by atoms with van der Waals surface area (Å²) in [5.41, 5.74) is 2.16. The molecule has 2 heterocycles. The molecule has 2 aromatic rings. The van der Waals surface area contributed by atoms with Crippen molar-refractivity contribution in [3.05, 3.63) is 99.6 Å². The predicted octanol–water partition coefficient (Wildman–Crippen LogP) is 3.62. The Morgan fingerprint density at radius 1 is 1.20 bits per heavy atom. The van der Waals surface area contributed by atoms with Crippen LogP contribution >= 0.6 is 11.8 Å². The van der Waals surface area contributed by atoms with Crippen molar-refractivity contribution in [2.75, 3.05) is 0 Å². The molecule has 2 unspecified atom stereocenters. The molecule has 5 rings (SSSR count). The highest BCUT2D eigenvalue weighted by atomic mass is 32.2. The number of ketones is 1. The number of aromatic nitrogens is 2. The number of fused-ring (bicyclic) bond motifs is 2. The van der Waals surface area contributed by atoms with Gasteiger partial charge < -0.3 is 5.32 Å². The standard InChI is InChI=1S/C28H24N4O2S/c1-18(19-10-4-2-5-11-19)30-28(34)22(16-29)27(33)25-23-17-35-24-15-9-8-14-21(24)26(23)32(31-25)20-12-6-3-7-13-20/h2,4-13,15,17-18,20,22H,3,14H2,1H3,(H,30,34). The molecule has 1 aromatic heterocycles. The van der Waals surface area contributed by atoms with Crippen LogP contribution in [0.4, 0.5) is 0 Å². The molecule has 35 heavy (non-hydrogen) atoms. The third kappa shape index (κ3) is 4.33. The van der Waals surface area contributed by atoms with E-state index in [0.29, 0.717) is 5.22 Å². The van der Waals surface area contributed by atoms with Crippen molar-refractivity contribution >= 4 is 34.4 Å². The average Bonchev–Trinajstić information content (AvgIpc) is 3.30. The zero-order valence-electron chi connectivity index (χ0n) is 19.2. The van der Waals surface area contributed by atoms with Crippen LogP contribution in [-0.2, 0) is 4.79 Å². The fourth-order valence-electron chi connectivity index (χ4n) is 4.48. The minimum Gasteiger partial charge on any atom is -0.348 e. The molecular weight excluding hydrogens is 456 g/mol. The molecule has 0 fully saturated rings. The van der Waals surface area contributed by atoms with Gasteiger partial charge in [0.25, 0.3) is 0 Å². The summed E-state index contributed by atoms with van der Waals surface area (Å²) in [5, 5.41) is 20.8. The van der Waals surface area contributed by atoms with Gasteiger partial charge in [0.05, 0.1) is 23.5 Å². The molecular formula is C28H24N4O2S. The summed E-state index contributed by atoms with van der Waals surface area (Å²) in [7, 11) is 0. The zero-order valence-corrected chi connectivity index (χ0v) is 20.0. The molecule has 1 amide bonds. The van der Waals surface area contributed by atoms with Crippen LogP contribution in [0.15, 0.2) is 77.8 Å². The van der Waals surface area contributed by atoms with Gasteiger partial charge in [0.15, 0.2) is 5.92 Å². The van der Waals surface area contributed by atoms with Crippen LogP contribution in [0.3, 0.4) is 0 Å². The fraction of sp³-hybridized carbons (Fsp3) is 0.214. The Hall–Kier alpha value is -3.89. The van der Waals surface area contributed by atoms with Gasteiger partial charge in [-0.2, -0.15) is 10.4 Å². The van der Waals surface area contributed by atoms with Crippen molar-refractivity contribution in [1.82, 2.24) is 15.1 Å². The normalized spacial score (nSPS) is 17.9. The van der Waals surface area contributed by atoms with Crippen LogP contribution in [0.25, 0.3) is 11.0 Å². The number of benzene rings is 1. The van der Waals surface area contributed by atoms with Crippen molar-refractivity contribution < 1.29 is 9.59 Å². The van der Waals surface area contributed by atoms with Crippen LogP contribution < -0.4 is 15.9 Å². The Kier molecular flexibility index (Phi) is 6.39. The van der Waals surface area contributed by atoms with Crippen LogP contribution in [0, 0.1) is 17.2 Å². The molecule has 0 bridgehead atoms. The van der Waals surface area contributed by atoms with Crippen molar-refractivity contribution in [3.63, 3.8) is 0 Å². The highest BCUT2D eigenvalue weighted by Crippen LogP contribution is 2.33. The topological polar surface area (TPSA) is 87.8 Å². The highest BCUT2D eigenvalue weighted by molar-refractivity contribution is 8.10. The molecule has 1 aromatic carbocycles. The summed E-state index contributed by atoms with van der Waals surface area (Å²) in [6, 6.07) is 10.9. The molecule has 6 nitrogen and oxygen atoms in total. The molecule has 7 heteroatoms. The van der Waals surface area contributed by atoms with E-state index in [4.69, 9.17) is 5.10 Å². The lowest BCUT2D eigenvalue weighted by Crippen LogP contribution is -2.40. The molecule has 1 N–H and O–H groups in total. The first kappa shape index (κ1) is 22.9. The number of nitriles is 1. The maximum Gasteiger partial charge on any atom is 0.245 e. The van der Waals surface area contributed by atoms with Gasteiger partial charge in [-0.05, 0) is 42.4 Å². The molecule has 0 radical (unpaired) electrons. The van der Waals surface area contributed by atoms with E-state index in [1.807, 2.05) is 59.5 Å². The van der Waals surface area contributed by atoms with Gasteiger partial charge in [0.1, 0.15) is 5.69 Å². The molecule has 2 aliphatic carbocycles. The first-order valence-corrected chi connectivity index (χ1v) is 12.4. The van der Waals surface area contributed by atoms with Crippen LogP contribution in [0.5, 0.6) is 0 Å². The third-order valence-electron chi connectivity index (χ3n) is 6.31. The van der Waals surface area contributed by atoms with Gasteiger partial charge in [-0.3, -0.25) is 14.3 Å². The van der Waals surface area contributed by atoms with Crippen molar-refractivity contribution in [2.24, 2.45) is 5.92 Å². The minimum atomic E-state index is -1.49. The van der Waals surface area contributed by atoms with E-state index in [0.717, 1.165) is 34.2 Å². The second kappa shape index (κ2) is 9.77. The van der Waals surface area contributed by atoms with E-state index < -0.39 is 17.6 Å². The number of amides is 1. The first-order chi connectivity index (χ1) is 17.1. The van der Waals surface area contributed by atoms with Crippen molar-refractivity contribution in [1.29, 1.82) is 5.26 Å². The van der Waals surface area contributed by atoms with Gasteiger partial charge in [-0.1, -0.05) is 78.5 Å². The van der Waals surface area contributed by atoms with E-state index in [2.05, 4.69) is 41.8 Å². The van der Waals surface area contributed by atoms with Gasteiger partial charge in [-0.15, -0.1) is 0 Å². The lowest BCUT2D eigenvalue weighted by Gasteiger charge is -2.18. The van der Waals surface area contributed by atoms with Gasteiger partial charge in [-0.25, -0.2) is 0 Å². The van der Waals surface area contributed by atoms with Crippen LogP contribution in [0.1, 0.15) is 47.9 Å². The molecule has 2 atom stereocenters. The minimum absolute atomic E-state index is 0.136.